The van der Waals surface area contributed by atoms with Crippen LogP contribution in [0.25, 0.3) is 10.2 Å². The fourth-order valence-corrected chi connectivity index (χ4v) is 4.72. The van der Waals surface area contributed by atoms with Crippen LogP contribution in [-0.4, -0.2) is 10.9 Å². The zero-order valence-electron chi connectivity index (χ0n) is 14.6. The van der Waals surface area contributed by atoms with Gasteiger partial charge >= 0.3 is 0 Å². The first-order chi connectivity index (χ1) is 12.6. The number of anilines is 2. The molecule has 5 heteroatoms. The van der Waals surface area contributed by atoms with E-state index in [2.05, 4.69) is 19.9 Å². The van der Waals surface area contributed by atoms with Gasteiger partial charge in [0.05, 0.1) is 22.3 Å². The largest absolute Gasteiger partial charge is 0.274 e. The van der Waals surface area contributed by atoms with E-state index in [0.29, 0.717) is 6.42 Å². The van der Waals surface area contributed by atoms with Gasteiger partial charge in [-0.25, -0.2) is 4.98 Å². The van der Waals surface area contributed by atoms with Gasteiger partial charge in [-0.15, -0.1) is 0 Å². The van der Waals surface area contributed by atoms with Crippen LogP contribution in [-0.2, 0) is 11.2 Å². The van der Waals surface area contributed by atoms with E-state index in [1.807, 2.05) is 53.2 Å². The fraction of sp³-hybridized carbons (Fsp3) is 0.143. The highest BCUT2D eigenvalue weighted by Gasteiger charge is 2.22. The Bertz CT molecular complexity index is 1010. The zero-order chi connectivity index (χ0) is 18.1. The van der Waals surface area contributed by atoms with Gasteiger partial charge in [-0.1, -0.05) is 29.5 Å². The Kier molecular flexibility index (Phi) is 4.57. The lowest BCUT2D eigenvalue weighted by Crippen LogP contribution is -2.27. The molecular formula is C21H18N2OS2. The molecule has 4 aromatic rings. The first-order valence-corrected chi connectivity index (χ1v) is 10.1. The van der Waals surface area contributed by atoms with Crippen LogP contribution in [0.3, 0.4) is 0 Å². The second-order valence-electron chi connectivity index (χ2n) is 6.35. The number of aryl methyl sites for hydroxylation is 2. The van der Waals surface area contributed by atoms with E-state index in [-0.39, 0.29) is 5.91 Å². The molecule has 0 fully saturated rings. The molecule has 0 aliphatic carbocycles. The predicted molar refractivity (Wildman–Crippen MR) is 111 cm³/mol. The Labute approximate surface area is 160 Å². The zero-order valence-corrected chi connectivity index (χ0v) is 16.2. The summed E-state index contributed by atoms with van der Waals surface area (Å²) in [5, 5.41) is 4.74. The summed E-state index contributed by atoms with van der Waals surface area (Å²) in [4.78, 5) is 19.7. The monoisotopic (exact) mass is 378 g/mol. The second kappa shape index (κ2) is 7.02. The molecule has 1 amide bonds. The SMILES string of the molecule is Cc1cc(C)cc(N(C(=O)Cc2ccsc2)c2nc3ccccc3s2)c1. The Hall–Kier alpha value is -2.50. The Morgan fingerprint density at radius 1 is 1.08 bits per heavy atom. The lowest BCUT2D eigenvalue weighted by atomic mass is 10.1. The average Bonchev–Trinajstić information content (AvgIpc) is 3.23. The van der Waals surface area contributed by atoms with E-state index < -0.39 is 0 Å². The summed E-state index contributed by atoms with van der Waals surface area (Å²) in [5.74, 6) is 0.0347. The fourth-order valence-electron chi connectivity index (χ4n) is 3.04. The molecule has 2 aromatic carbocycles. The molecule has 0 saturated carbocycles. The van der Waals surface area contributed by atoms with Crippen molar-refractivity contribution in [3.63, 3.8) is 0 Å². The van der Waals surface area contributed by atoms with Crippen LogP contribution < -0.4 is 4.90 Å². The number of para-hydroxylation sites is 1. The van der Waals surface area contributed by atoms with Crippen LogP contribution in [0.15, 0.2) is 59.3 Å². The van der Waals surface area contributed by atoms with Crippen LogP contribution in [0.2, 0.25) is 0 Å². The standard InChI is InChI=1S/C21H18N2OS2/c1-14-9-15(2)11-17(10-14)23(20(24)12-16-7-8-25-13-16)21-22-18-5-3-4-6-19(18)26-21/h3-11,13H,12H2,1-2H3. The van der Waals surface area contributed by atoms with E-state index in [4.69, 9.17) is 4.98 Å². The number of carbonyl (C=O) groups excluding carboxylic acids is 1. The third kappa shape index (κ3) is 3.41. The average molecular weight is 379 g/mol. The molecule has 0 radical (unpaired) electrons. The molecule has 2 aromatic heterocycles. The van der Waals surface area contributed by atoms with Gasteiger partial charge in [-0.2, -0.15) is 11.3 Å². The van der Waals surface area contributed by atoms with E-state index in [9.17, 15) is 4.79 Å². The van der Waals surface area contributed by atoms with E-state index >= 15 is 0 Å². The minimum absolute atomic E-state index is 0.0347. The van der Waals surface area contributed by atoms with Crippen LogP contribution in [0.4, 0.5) is 10.8 Å². The van der Waals surface area contributed by atoms with E-state index in [0.717, 1.165) is 37.7 Å². The summed E-state index contributed by atoms with van der Waals surface area (Å²) < 4.78 is 1.08. The highest BCUT2D eigenvalue weighted by molar-refractivity contribution is 7.22. The number of fused-ring (bicyclic) bond motifs is 1. The Balaban J connectivity index is 1.81. The van der Waals surface area contributed by atoms with Gasteiger partial charge in [0, 0.05) is 0 Å². The van der Waals surface area contributed by atoms with Crippen molar-refractivity contribution in [1.29, 1.82) is 0 Å². The molecule has 0 unspecified atom stereocenters. The first-order valence-electron chi connectivity index (χ1n) is 8.38. The van der Waals surface area contributed by atoms with Crippen molar-refractivity contribution in [2.24, 2.45) is 0 Å². The van der Waals surface area contributed by atoms with Crippen molar-refractivity contribution in [2.45, 2.75) is 20.3 Å². The highest BCUT2D eigenvalue weighted by atomic mass is 32.1. The van der Waals surface area contributed by atoms with Crippen LogP contribution in [0.1, 0.15) is 16.7 Å². The molecule has 26 heavy (non-hydrogen) atoms. The van der Waals surface area contributed by atoms with Crippen molar-refractivity contribution in [2.75, 3.05) is 4.90 Å². The van der Waals surface area contributed by atoms with Gasteiger partial charge in [-0.05, 0) is 71.6 Å². The predicted octanol–water partition coefficient (Wildman–Crippen LogP) is 5.88. The van der Waals surface area contributed by atoms with Gasteiger partial charge in [0.15, 0.2) is 5.13 Å². The number of benzene rings is 2. The minimum Gasteiger partial charge on any atom is -0.274 e. The summed E-state index contributed by atoms with van der Waals surface area (Å²) in [5.41, 5.74) is 5.10. The van der Waals surface area contributed by atoms with Gasteiger partial charge < -0.3 is 0 Å². The number of thiazole rings is 1. The van der Waals surface area contributed by atoms with Crippen molar-refractivity contribution in [3.05, 3.63) is 76.0 Å². The molecular weight excluding hydrogens is 360 g/mol. The molecule has 4 rings (SSSR count). The molecule has 0 spiro atoms. The Morgan fingerprint density at radius 3 is 2.54 bits per heavy atom. The molecule has 0 atom stereocenters. The lowest BCUT2D eigenvalue weighted by Gasteiger charge is -2.21. The molecule has 130 valence electrons. The number of nitrogens with zero attached hydrogens (tertiary/aromatic N) is 2. The third-order valence-electron chi connectivity index (χ3n) is 4.12. The van der Waals surface area contributed by atoms with Crippen LogP contribution >= 0.6 is 22.7 Å². The maximum Gasteiger partial charge on any atom is 0.237 e. The molecule has 0 saturated heterocycles. The molecule has 3 nitrogen and oxygen atoms in total. The molecule has 0 aliphatic heterocycles. The maximum atomic E-state index is 13.2. The van der Waals surface area contributed by atoms with Gasteiger partial charge in [0.1, 0.15) is 0 Å². The number of amides is 1. The van der Waals surface area contributed by atoms with Gasteiger partial charge in [0.2, 0.25) is 5.91 Å². The third-order valence-corrected chi connectivity index (χ3v) is 5.88. The van der Waals surface area contributed by atoms with Crippen LogP contribution in [0.5, 0.6) is 0 Å². The molecule has 0 N–H and O–H groups in total. The van der Waals surface area contributed by atoms with E-state index in [1.54, 1.807) is 27.6 Å². The normalized spacial score (nSPS) is 11.0. The molecule has 0 bridgehead atoms. The van der Waals surface area contributed by atoms with E-state index in [1.165, 1.54) is 0 Å². The Morgan fingerprint density at radius 2 is 1.85 bits per heavy atom. The number of rotatable bonds is 4. The number of aromatic nitrogens is 1. The van der Waals surface area contributed by atoms with Crippen molar-refractivity contribution < 1.29 is 4.79 Å². The number of carbonyl (C=O) groups is 1. The lowest BCUT2D eigenvalue weighted by molar-refractivity contribution is -0.117. The van der Waals surface area contributed by atoms with Gasteiger partial charge in [-0.3, -0.25) is 9.69 Å². The number of thiophene rings is 1. The van der Waals surface area contributed by atoms with Crippen molar-refractivity contribution >= 4 is 49.6 Å². The van der Waals surface area contributed by atoms with Crippen LogP contribution in [0, 0.1) is 13.8 Å². The molecule has 0 aliphatic rings. The summed E-state index contributed by atoms with van der Waals surface area (Å²) >= 11 is 3.16. The second-order valence-corrected chi connectivity index (χ2v) is 8.14. The minimum atomic E-state index is 0.0347. The highest BCUT2D eigenvalue weighted by Crippen LogP contribution is 2.34. The topological polar surface area (TPSA) is 33.2 Å². The maximum absolute atomic E-state index is 13.2. The van der Waals surface area contributed by atoms with Crippen molar-refractivity contribution in [3.8, 4) is 0 Å². The van der Waals surface area contributed by atoms with Crippen molar-refractivity contribution in [1.82, 2.24) is 4.98 Å². The number of hydrogen-bond acceptors (Lipinski definition) is 4. The summed E-state index contributed by atoms with van der Waals surface area (Å²) in [6.07, 6.45) is 0.367. The first kappa shape index (κ1) is 16.9. The summed E-state index contributed by atoms with van der Waals surface area (Å²) in [6.45, 7) is 4.10. The smallest absolute Gasteiger partial charge is 0.237 e. The summed E-state index contributed by atoms with van der Waals surface area (Å²) in [6, 6.07) is 16.2. The number of hydrogen-bond donors (Lipinski definition) is 0. The summed E-state index contributed by atoms with van der Waals surface area (Å²) in [7, 11) is 0. The molecule has 2 heterocycles. The quantitative estimate of drug-likeness (QED) is 0.444. The van der Waals surface area contributed by atoms with Gasteiger partial charge in [0.25, 0.3) is 0 Å².